The quantitative estimate of drug-likeness (QED) is 0.936. The Morgan fingerprint density at radius 3 is 2.57 bits per heavy atom. The van der Waals surface area contributed by atoms with Crippen molar-refractivity contribution >= 4 is 0 Å². The van der Waals surface area contributed by atoms with Gasteiger partial charge in [-0.25, -0.2) is 0 Å². The average Bonchev–Trinajstić information content (AvgIpc) is 2.52. The van der Waals surface area contributed by atoms with Gasteiger partial charge < -0.3 is 14.8 Å². The molecule has 2 unspecified atom stereocenters. The van der Waals surface area contributed by atoms with Crippen LogP contribution in [0.5, 0.6) is 11.5 Å². The average molecular weight is 283 g/mol. The zero-order valence-corrected chi connectivity index (χ0v) is 12.7. The second-order valence-corrected chi connectivity index (χ2v) is 5.47. The lowest BCUT2D eigenvalue weighted by Gasteiger charge is -2.33. The van der Waals surface area contributed by atoms with Crippen molar-refractivity contribution in [3.8, 4) is 11.5 Å². The van der Waals surface area contributed by atoms with Crippen molar-refractivity contribution in [1.82, 2.24) is 5.32 Å². The van der Waals surface area contributed by atoms with Crippen LogP contribution < -0.4 is 14.8 Å². The van der Waals surface area contributed by atoms with E-state index in [1.807, 2.05) is 31.3 Å². The summed E-state index contributed by atoms with van der Waals surface area (Å²) < 4.78 is 12.0. The summed E-state index contributed by atoms with van der Waals surface area (Å²) in [4.78, 5) is 0. The Kier molecular flexibility index (Phi) is 3.84. The number of fused-ring (bicyclic) bond motifs is 1. The van der Waals surface area contributed by atoms with Gasteiger partial charge in [0.25, 0.3) is 0 Å². The molecule has 110 valence electrons. The number of hydrogen-bond acceptors (Lipinski definition) is 3. The molecule has 1 aliphatic heterocycles. The molecule has 1 aliphatic rings. The normalized spacial score (nSPS) is 18.3. The molecule has 0 spiro atoms. The summed E-state index contributed by atoms with van der Waals surface area (Å²) in [6, 6.07) is 14.3. The maximum Gasteiger partial charge on any atom is 0.161 e. The fourth-order valence-corrected chi connectivity index (χ4v) is 2.85. The Hall–Kier alpha value is -2.00. The van der Waals surface area contributed by atoms with E-state index >= 15 is 0 Å². The number of rotatable bonds is 3. The number of aryl methyl sites for hydroxylation is 1. The number of hydrogen-bond donors (Lipinski definition) is 1. The van der Waals surface area contributed by atoms with Crippen LogP contribution in [0.1, 0.15) is 22.7 Å². The molecular formula is C18H21NO2. The van der Waals surface area contributed by atoms with E-state index in [0.717, 1.165) is 11.5 Å². The second-order valence-electron chi connectivity index (χ2n) is 5.47. The van der Waals surface area contributed by atoms with Gasteiger partial charge in [0, 0.05) is 0 Å². The van der Waals surface area contributed by atoms with Crippen molar-refractivity contribution in [2.45, 2.75) is 26.0 Å². The summed E-state index contributed by atoms with van der Waals surface area (Å²) in [6.07, 6.45) is -0.0367. The summed E-state index contributed by atoms with van der Waals surface area (Å²) in [5.74, 6) is 1.64. The molecule has 2 aromatic rings. The van der Waals surface area contributed by atoms with Crippen molar-refractivity contribution < 1.29 is 9.47 Å². The van der Waals surface area contributed by atoms with E-state index in [0.29, 0.717) is 6.61 Å². The zero-order chi connectivity index (χ0) is 14.8. The van der Waals surface area contributed by atoms with Crippen LogP contribution in [-0.4, -0.2) is 19.8 Å². The lowest BCUT2D eigenvalue weighted by atomic mass is 9.94. The molecule has 3 rings (SSSR count). The number of likely N-dealkylation sites (N-methyl/N-ethyl adjacent to an activating group) is 1. The minimum Gasteiger partial charge on any atom is -0.486 e. The predicted molar refractivity (Wildman–Crippen MR) is 84.1 cm³/mol. The predicted octanol–water partition coefficient (Wildman–Crippen LogP) is 3.40. The zero-order valence-electron chi connectivity index (χ0n) is 12.7. The largest absolute Gasteiger partial charge is 0.486 e. The van der Waals surface area contributed by atoms with Crippen LogP contribution in [0, 0.1) is 13.8 Å². The third-order valence-corrected chi connectivity index (χ3v) is 4.19. The van der Waals surface area contributed by atoms with Gasteiger partial charge in [0.1, 0.15) is 6.61 Å². The molecule has 3 nitrogen and oxygen atoms in total. The van der Waals surface area contributed by atoms with Gasteiger partial charge in [0.05, 0.1) is 6.04 Å². The SMILES string of the molecule is CNC(c1cccc(C)c1C)C1COc2ccccc2O1. The molecule has 1 N–H and O–H groups in total. The first-order valence-corrected chi connectivity index (χ1v) is 7.32. The van der Waals surface area contributed by atoms with E-state index in [1.165, 1.54) is 16.7 Å². The summed E-state index contributed by atoms with van der Waals surface area (Å²) in [5, 5.41) is 3.38. The van der Waals surface area contributed by atoms with Crippen LogP contribution in [0.25, 0.3) is 0 Å². The van der Waals surface area contributed by atoms with E-state index < -0.39 is 0 Å². The van der Waals surface area contributed by atoms with Crippen LogP contribution >= 0.6 is 0 Å². The molecular weight excluding hydrogens is 262 g/mol. The second kappa shape index (κ2) is 5.78. The van der Waals surface area contributed by atoms with Gasteiger partial charge in [-0.2, -0.15) is 0 Å². The topological polar surface area (TPSA) is 30.5 Å². The lowest BCUT2D eigenvalue weighted by Crippen LogP contribution is -2.40. The van der Waals surface area contributed by atoms with Crippen molar-refractivity contribution in [2.75, 3.05) is 13.7 Å². The van der Waals surface area contributed by atoms with Gasteiger partial charge in [0.15, 0.2) is 17.6 Å². The molecule has 0 bridgehead atoms. The highest BCUT2D eigenvalue weighted by Gasteiger charge is 2.30. The molecule has 0 saturated carbocycles. The molecule has 0 fully saturated rings. The van der Waals surface area contributed by atoms with Crippen LogP contribution in [-0.2, 0) is 0 Å². The molecule has 0 aromatic heterocycles. The highest BCUT2D eigenvalue weighted by molar-refractivity contribution is 5.42. The molecule has 0 radical (unpaired) electrons. The first-order chi connectivity index (χ1) is 10.2. The summed E-state index contributed by atoms with van der Waals surface area (Å²) in [6.45, 7) is 4.85. The number of nitrogens with one attached hydrogen (secondary N) is 1. The van der Waals surface area contributed by atoms with Gasteiger partial charge in [-0.1, -0.05) is 30.3 Å². The van der Waals surface area contributed by atoms with Crippen molar-refractivity contribution in [3.63, 3.8) is 0 Å². The highest BCUT2D eigenvalue weighted by atomic mass is 16.6. The fourth-order valence-electron chi connectivity index (χ4n) is 2.85. The maximum atomic E-state index is 6.15. The van der Waals surface area contributed by atoms with Crippen LogP contribution in [0.4, 0.5) is 0 Å². The molecule has 0 saturated heterocycles. The fraction of sp³-hybridized carbons (Fsp3) is 0.333. The minimum atomic E-state index is -0.0367. The van der Waals surface area contributed by atoms with Gasteiger partial charge in [-0.05, 0) is 49.7 Å². The number of ether oxygens (including phenoxy) is 2. The monoisotopic (exact) mass is 283 g/mol. The Morgan fingerprint density at radius 1 is 1.05 bits per heavy atom. The highest BCUT2D eigenvalue weighted by Crippen LogP contribution is 2.35. The maximum absolute atomic E-state index is 6.15. The van der Waals surface area contributed by atoms with Gasteiger partial charge in [-0.3, -0.25) is 0 Å². The smallest absolute Gasteiger partial charge is 0.161 e. The molecule has 0 aliphatic carbocycles. The first kappa shape index (κ1) is 14.0. The van der Waals surface area contributed by atoms with E-state index in [4.69, 9.17) is 9.47 Å². The Morgan fingerprint density at radius 2 is 1.81 bits per heavy atom. The number of para-hydroxylation sites is 2. The lowest BCUT2D eigenvalue weighted by molar-refractivity contribution is 0.0636. The molecule has 21 heavy (non-hydrogen) atoms. The first-order valence-electron chi connectivity index (χ1n) is 7.32. The summed E-state index contributed by atoms with van der Waals surface area (Å²) in [5.41, 5.74) is 3.87. The molecule has 2 atom stereocenters. The number of benzene rings is 2. The Bertz CT molecular complexity index is 639. The van der Waals surface area contributed by atoms with Gasteiger partial charge >= 0.3 is 0 Å². The van der Waals surface area contributed by atoms with E-state index in [9.17, 15) is 0 Å². The van der Waals surface area contributed by atoms with Crippen molar-refractivity contribution in [2.24, 2.45) is 0 Å². The van der Waals surface area contributed by atoms with Crippen molar-refractivity contribution in [1.29, 1.82) is 0 Å². The van der Waals surface area contributed by atoms with Crippen LogP contribution in [0.15, 0.2) is 42.5 Å². The third kappa shape index (κ3) is 2.61. The van der Waals surface area contributed by atoms with E-state index in [2.05, 4.69) is 37.4 Å². The van der Waals surface area contributed by atoms with Crippen LogP contribution in [0.2, 0.25) is 0 Å². The molecule has 2 aromatic carbocycles. The summed E-state index contributed by atoms with van der Waals surface area (Å²) >= 11 is 0. The van der Waals surface area contributed by atoms with Gasteiger partial charge in [-0.15, -0.1) is 0 Å². The molecule has 1 heterocycles. The van der Waals surface area contributed by atoms with Crippen molar-refractivity contribution in [3.05, 3.63) is 59.2 Å². The Balaban J connectivity index is 1.90. The van der Waals surface area contributed by atoms with E-state index in [1.54, 1.807) is 0 Å². The van der Waals surface area contributed by atoms with E-state index in [-0.39, 0.29) is 12.1 Å². The Labute approximate surface area is 125 Å². The van der Waals surface area contributed by atoms with Gasteiger partial charge in [0.2, 0.25) is 0 Å². The minimum absolute atomic E-state index is 0.0367. The standard InChI is InChI=1S/C18H21NO2/c1-12-7-6-8-14(13(12)2)18(19-3)17-11-20-15-9-4-5-10-16(15)21-17/h4-10,17-19H,11H2,1-3H3. The molecule has 0 amide bonds. The summed E-state index contributed by atoms with van der Waals surface area (Å²) in [7, 11) is 1.97. The van der Waals surface area contributed by atoms with Crippen LogP contribution in [0.3, 0.4) is 0 Å². The molecule has 3 heteroatoms. The third-order valence-electron chi connectivity index (χ3n) is 4.19.